The maximum Gasteiger partial charge on any atom is 0.119 e. The fourth-order valence-corrected chi connectivity index (χ4v) is 2.17. The number of aliphatic hydroxyl groups is 1. The van der Waals surface area contributed by atoms with Crippen molar-refractivity contribution >= 4 is 0 Å². The molecule has 0 aliphatic carbocycles. The first-order valence-electron chi connectivity index (χ1n) is 7.12. The maximum atomic E-state index is 10.5. The van der Waals surface area contributed by atoms with Crippen LogP contribution in [-0.4, -0.2) is 23.8 Å². The lowest BCUT2D eigenvalue weighted by Gasteiger charge is -2.29. The molecule has 2 unspecified atom stereocenters. The molecule has 3 heteroatoms. The van der Waals surface area contributed by atoms with Crippen LogP contribution in [0.2, 0.25) is 0 Å². The van der Waals surface area contributed by atoms with Gasteiger partial charge in [-0.1, -0.05) is 39.8 Å². The van der Waals surface area contributed by atoms with E-state index in [0.29, 0.717) is 18.6 Å². The largest absolute Gasteiger partial charge is 0.494 e. The summed E-state index contributed by atoms with van der Waals surface area (Å²) in [6, 6.07) is 8.10. The summed E-state index contributed by atoms with van der Waals surface area (Å²) in [7, 11) is 0. The van der Waals surface area contributed by atoms with Crippen LogP contribution in [0.4, 0.5) is 0 Å². The van der Waals surface area contributed by atoms with Gasteiger partial charge < -0.3 is 15.2 Å². The molecule has 1 aromatic rings. The van der Waals surface area contributed by atoms with Crippen molar-refractivity contribution in [2.45, 2.75) is 52.8 Å². The second kappa shape index (κ2) is 7.51. The smallest absolute Gasteiger partial charge is 0.119 e. The van der Waals surface area contributed by atoms with Gasteiger partial charge in [0.15, 0.2) is 0 Å². The summed E-state index contributed by atoms with van der Waals surface area (Å²) < 4.78 is 5.42. The van der Waals surface area contributed by atoms with Gasteiger partial charge in [0, 0.05) is 12.1 Å². The molecule has 0 saturated carbocycles. The molecular formula is C16H27NO2. The molecule has 0 heterocycles. The van der Waals surface area contributed by atoms with Crippen LogP contribution in [0.25, 0.3) is 0 Å². The highest BCUT2D eigenvalue weighted by atomic mass is 16.5. The van der Waals surface area contributed by atoms with Gasteiger partial charge >= 0.3 is 0 Å². The van der Waals surface area contributed by atoms with Crippen molar-refractivity contribution in [2.75, 3.05) is 6.61 Å². The van der Waals surface area contributed by atoms with Gasteiger partial charge in [0.1, 0.15) is 5.75 Å². The van der Waals surface area contributed by atoms with Gasteiger partial charge in [-0.15, -0.1) is 0 Å². The molecule has 0 fully saturated rings. The van der Waals surface area contributed by atoms with Gasteiger partial charge in [-0.2, -0.15) is 0 Å². The molecule has 0 spiro atoms. The van der Waals surface area contributed by atoms with Crippen molar-refractivity contribution < 1.29 is 9.84 Å². The SMILES string of the molecule is CCOc1ccc(C(O)C(NC(C)C)C(C)C)cc1. The van der Waals surface area contributed by atoms with Crippen molar-refractivity contribution in [3.63, 3.8) is 0 Å². The molecule has 2 N–H and O–H groups in total. The van der Waals surface area contributed by atoms with Crippen LogP contribution >= 0.6 is 0 Å². The zero-order valence-electron chi connectivity index (χ0n) is 12.7. The lowest BCUT2D eigenvalue weighted by molar-refractivity contribution is 0.100. The first-order valence-corrected chi connectivity index (χ1v) is 7.12. The molecular weight excluding hydrogens is 238 g/mol. The van der Waals surface area contributed by atoms with Gasteiger partial charge in [0.2, 0.25) is 0 Å². The highest BCUT2D eigenvalue weighted by Gasteiger charge is 2.24. The Balaban J connectivity index is 2.80. The second-order valence-corrected chi connectivity index (χ2v) is 5.54. The van der Waals surface area contributed by atoms with E-state index in [4.69, 9.17) is 4.74 Å². The molecule has 3 nitrogen and oxygen atoms in total. The van der Waals surface area contributed by atoms with Crippen molar-refractivity contribution in [2.24, 2.45) is 5.92 Å². The van der Waals surface area contributed by atoms with Crippen LogP contribution in [0, 0.1) is 5.92 Å². The number of rotatable bonds is 7. The van der Waals surface area contributed by atoms with Crippen molar-refractivity contribution in [1.82, 2.24) is 5.32 Å². The lowest BCUT2D eigenvalue weighted by Crippen LogP contribution is -2.42. The van der Waals surface area contributed by atoms with Crippen molar-refractivity contribution in [3.8, 4) is 5.75 Å². The minimum absolute atomic E-state index is 0.0537. The quantitative estimate of drug-likeness (QED) is 0.796. The Morgan fingerprint density at radius 3 is 2.11 bits per heavy atom. The zero-order chi connectivity index (χ0) is 14.4. The number of nitrogens with one attached hydrogen (secondary N) is 1. The van der Waals surface area contributed by atoms with Gasteiger partial charge in [0.05, 0.1) is 12.7 Å². The van der Waals surface area contributed by atoms with Crippen LogP contribution < -0.4 is 10.1 Å². The van der Waals surface area contributed by atoms with Gasteiger partial charge in [0.25, 0.3) is 0 Å². The van der Waals surface area contributed by atoms with Crippen LogP contribution in [0.15, 0.2) is 24.3 Å². The molecule has 19 heavy (non-hydrogen) atoms. The summed E-state index contributed by atoms with van der Waals surface area (Å²) in [6.45, 7) is 11.1. The minimum atomic E-state index is -0.502. The molecule has 0 radical (unpaired) electrons. The highest BCUT2D eigenvalue weighted by Crippen LogP contribution is 2.24. The summed E-state index contributed by atoms with van der Waals surface area (Å²) in [5.41, 5.74) is 0.926. The van der Waals surface area contributed by atoms with E-state index in [1.807, 2.05) is 31.2 Å². The normalized spacial score (nSPS) is 14.7. The minimum Gasteiger partial charge on any atom is -0.494 e. The van der Waals surface area contributed by atoms with E-state index in [-0.39, 0.29) is 6.04 Å². The van der Waals surface area contributed by atoms with Gasteiger partial charge in [-0.25, -0.2) is 0 Å². The average Bonchev–Trinajstić information content (AvgIpc) is 2.36. The molecule has 0 aromatic heterocycles. The van der Waals surface area contributed by atoms with E-state index in [1.54, 1.807) is 0 Å². The Morgan fingerprint density at radius 2 is 1.68 bits per heavy atom. The molecule has 0 saturated heterocycles. The molecule has 0 aliphatic heterocycles. The van der Waals surface area contributed by atoms with Crippen LogP contribution in [-0.2, 0) is 0 Å². The van der Waals surface area contributed by atoms with E-state index in [2.05, 4.69) is 33.0 Å². The molecule has 0 amide bonds. The van der Waals surface area contributed by atoms with E-state index in [1.165, 1.54) is 0 Å². The number of hydrogen-bond donors (Lipinski definition) is 2. The summed E-state index contributed by atoms with van der Waals surface area (Å²) in [4.78, 5) is 0. The number of hydrogen-bond acceptors (Lipinski definition) is 3. The predicted octanol–water partition coefficient (Wildman–Crippen LogP) is 3.14. The Labute approximate surface area is 117 Å². The Bertz CT molecular complexity index is 360. The topological polar surface area (TPSA) is 41.5 Å². The van der Waals surface area contributed by atoms with Gasteiger partial charge in [-0.3, -0.25) is 0 Å². The fraction of sp³-hybridized carbons (Fsp3) is 0.625. The van der Waals surface area contributed by atoms with E-state index in [9.17, 15) is 5.11 Å². The molecule has 1 aromatic carbocycles. The zero-order valence-corrected chi connectivity index (χ0v) is 12.7. The lowest BCUT2D eigenvalue weighted by atomic mass is 9.93. The first kappa shape index (κ1) is 16.0. The van der Waals surface area contributed by atoms with E-state index < -0.39 is 6.10 Å². The Kier molecular flexibility index (Phi) is 6.32. The van der Waals surface area contributed by atoms with Gasteiger partial charge in [-0.05, 0) is 30.5 Å². The summed E-state index contributed by atoms with van der Waals surface area (Å²) in [5, 5.41) is 14.0. The van der Waals surface area contributed by atoms with E-state index >= 15 is 0 Å². The van der Waals surface area contributed by atoms with Crippen molar-refractivity contribution in [3.05, 3.63) is 29.8 Å². The Morgan fingerprint density at radius 1 is 1.11 bits per heavy atom. The van der Waals surface area contributed by atoms with Crippen LogP contribution in [0.5, 0.6) is 5.75 Å². The first-order chi connectivity index (χ1) is 8.95. The molecule has 0 bridgehead atoms. The standard InChI is InChI=1S/C16H27NO2/c1-6-19-14-9-7-13(8-10-14)16(18)15(11(2)3)17-12(4)5/h7-12,15-18H,6H2,1-5H3. The highest BCUT2D eigenvalue weighted by molar-refractivity contribution is 5.29. The maximum absolute atomic E-state index is 10.5. The number of benzene rings is 1. The fourth-order valence-electron chi connectivity index (χ4n) is 2.17. The second-order valence-electron chi connectivity index (χ2n) is 5.54. The third kappa shape index (κ3) is 4.84. The number of ether oxygens (including phenoxy) is 1. The Hall–Kier alpha value is -1.06. The predicted molar refractivity (Wildman–Crippen MR) is 79.5 cm³/mol. The van der Waals surface area contributed by atoms with Crippen LogP contribution in [0.1, 0.15) is 46.3 Å². The third-order valence-corrected chi connectivity index (χ3v) is 3.12. The molecule has 108 valence electrons. The van der Waals surface area contributed by atoms with Crippen molar-refractivity contribution in [1.29, 1.82) is 0 Å². The molecule has 0 aliphatic rings. The molecule has 2 atom stereocenters. The summed E-state index contributed by atoms with van der Waals surface area (Å²) >= 11 is 0. The summed E-state index contributed by atoms with van der Waals surface area (Å²) in [6.07, 6.45) is -0.502. The van der Waals surface area contributed by atoms with Crippen LogP contribution in [0.3, 0.4) is 0 Å². The monoisotopic (exact) mass is 265 g/mol. The third-order valence-electron chi connectivity index (χ3n) is 3.12. The number of aliphatic hydroxyl groups excluding tert-OH is 1. The van der Waals surface area contributed by atoms with E-state index in [0.717, 1.165) is 11.3 Å². The summed E-state index contributed by atoms with van der Waals surface area (Å²) in [5.74, 6) is 1.21. The average molecular weight is 265 g/mol. The molecule has 1 rings (SSSR count).